The number of aliphatic carboxylic acids is 1. The third-order valence-electron chi connectivity index (χ3n) is 2.68. The number of anilines is 1. The van der Waals surface area contributed by atoms with Crippen LogP contribution in [0, 0.1) is 12.7 Å². The van der Waals surface area contributed by atoms with Crippen LogP contribution in [0.25, 0.3) is 0 Å². The minimum absolute atomic E-state index is 0.246. The summed E-state index contributed by atoms with van der Waals surface area (Å²) in [6.45, 7) is 2.20. The molecule has 0 aliphatic rings. The van der Waals surface area contributed by atoms with Gasteiger partial charge in [0.15, 0.2) is 0 Å². The molecule has 0 spiro atoms. The topological polar surface area (TPSA) is 66.6 Å². The van der Waals surface area contributed by atoms with Gasteiger partial charge in [-0.15, -0.1) is 0 Å². The van der Waals surface area contributed by atoms with E-state index in [9.17, 15) is 9.18 Å². The number of aryl methyl sites for hydroxylation is 1. The Balaban J connectivity index is 2.60. The normalized spacial score (nSPS) is 12.2. The summed E-state index contributed by atoms with van der Waals surface area (Å²) in [5, 5.41) is 8.65. The Morgan fingerprint density at radius 2 is 2.24 bits per heavy atom. The minimum Gasteiger partial charge on any atom is -0.480 e. The monoisotopic (exact) mass is 240 g/mol. The highest BCUT2D eigenvalue weighted by atomic mass is 19.1. The molecule has 0 aliphatic carbocycles. The summed E-state index contributed by atoms with van der Waals surface area (Å²) in [6.07, 6.45) is 0.349. The molecule has 17 heavy (non-hydrogen) atoms. The van der Waals surface area contributed by atoms with Crippen LogP contribution in [0.5, 0.6) is 0 Å². The van der Waals surface area contributed by atoms with Crippen molar-refractivity contribution in [3.05, 3.63) is 29.6 Å². The van der Waals surface area contributed by atoms with Crippen LogP contribution in [0.15, 0.2) is 18.2 Å². The third-order valence-corrected chi connectivity index (χ3v) is 2.68. The highest BCUT2D eigenvalue weighted by molar-refractivity contribution is 5.73. The van der Waals surface area contributed by atoms with E-state index in [1.54, 1.807) is 19.1 Å². The maximum Gasteiger partial charge on any atom is 0.320 e. The maximum atomic E-state index is 13.1. The molecule has 1 atom stereocenters. The lowest BCUT2D eigenvalue weighted by molar-refractivity contribution is -0.138. The van der Waals surface area contributed by atoms with E-state index in [2.05, 4.69) is 0 Å². The second-order valence-corrected chi connectivity index (χ2v) is 4.09. The lowest BCUT2D eigenvalue weighted by atomic mass is 10.1. The zero-order valence-corrected chi connectivity index (χ0v) is 9.98. The van der Waals surface area contributed by atoms with Crippen molar-refractivity contribution >= 4 is 11.7 Å². The number of halogens is 1. The lowest BCUT2D eigenvalue weighted by Crippen LogP contribution is -2.34. The fourth-order valence-electron chi connectivity index (χ4n) is 1.45. The van der Waals surface area contributed by atoms with Gasteiger partial charge in [0.2, 0.25) is 0 Å². The highest BCUT2D eigenvalue weighted by Crippen LogP contribution is 2.17. The Hall–Kier alpha value is -1.62. The summed E-state index contributed by atoms with van der Waals surface area (Å²) in [4.78, 5) is 12.4. The standard InChI is InChI=1S/C12H17FN2O2/c1-8-7-9(3-4-10(8)13)15(2)6-5-11(14)12(16)17/h3-4,7,11H,5-6,14H2,1-2H3,(H,16,17). The Labute approximate surface area is 99.8 Å². The van der Waals surface area contributed by atoms with Crippen LogP contribution in [0.3, 0.4) is 0 Å². The van der Waals surface area contributed by atoms with Crippen molar-refractivity contribution in [2.45, 2.75) is 19.4 Å². The van der Waals surface area contributed by atoms with Crippen LogP contribution in [0.1, 0.15) is 12.0 Å². The largest absolute Gasteiger partial charge is 0.480 e. The summed E-state index contributed by atoms with van der Waals surface area (Å²) in [5.41, 5.74) is 6.83. The van der Waals surface area contributed by atoms with Gasteiger partial charge in [-0.2, -0.15) is 0 Å². The van der Waals surface area contributed by atoms with E-state index >= 15 is 0 Å². The number of benzene rings is 1. The predicted octanol–water partition coefficient (Wildman–Crippen LogP) is 1.37. The molecule has 4 nitrogen and oxygen atoms in total. The van der Waals surface area contributed by atoms with Gasteiger partial charge in [-0.05, 0) is 37.1 Å². The Morgan fingerprint density at radius 1 is 1.59 bits per heavy atom. The van der Waals surface area contributed by atoms with Crippen molar-refractivity contribution in [1.82, 2.24) is 0 Å². The van der Waals surface area contributed by atoms with Crippen molar-refractivity contribution < 1.29 is 14.3 Å². The molecule has 1 unspecified atom stereocenters. The van der Waals surface area contributed by atoms with E-state index in [0.29, 0.717) is 18.5 Å². The third kappa shape index (κ3) is 3.71. The number of carbonyl (C=O) groups is 1. The number of hydrogen-bond acceptors (Lipinski definition) is 3. The van der Waals surface area contributed by atoms with E-state index in [1.165, 1.54) is 6.07 Å². The lowest BCUT2D eigenvalue weighted by Gasteiger charge is -2.20. The molecule has 5 heteroatoms. The van der Waals surface area contributed by atoms with Crippen LogP contribution in [-0.4, -0.2) is 30.7 Å². The predicted molar refractivity (Wildman–Crippen MR) is 64.6 cm³/mol. The minimum atomic E-state index is -1.01. The van der Waals surface area contributed by atoms with Crippen LogP contribution in [0.2, 0.25) is 0 Å². The van der Waals surface area contributed by atoms with Crippen LogP contribution < -0.4 is 10.6 Å². The average molecular weight is 240 g/mol. The first-order chi connectivity index (χ1) is 7.91. The smallest absolute Gasteiger partial charge is 0.320 e. The number of nitrogens with two attached hydrogens (primary N) is 1. The first kappa shape index (κ1) is 13.4. The number of carboxylic acids is 1. The number of hydrogen-bond donors (Lipinski definition) is 2. The number of rotatable bonds is 5. The van der Waals surface area contributed by atoms with Gasteiger partial charge in [0.25, 0.3) is 0 Å². The molecule has 0 fully saturated rings. The van der Waals surface area contributed by atoms with E-state index in [1.807, 2.05) is 11.9 Å². The van der Waals surface area contributed by atoms with Crippen molar-refractivity contribution in [1.29, 1.82) is 0 Å². The van der Waals surface area contributed by atoms with Crippen LogP contribution >= 0.6 is 0 Å². The van der Waals surface area contributed by atoms with Gasteiger partial charge >= 0.3 is 5.97 Å². The van der Waals surface area contributed by atoms with E-state index in [0.717, 1.165) is 5.69 Å². The SMILES string of the molecule is Cc1cc(N(C)CCC(N)C(=O)O)ccc1F. The van der Waals surface area contributed by atoms with Crippen molar-refractivity contribution in [3.8, 4) is 0 Å². The molecule has 0 saturated carbocycles. The second kappa shape index (κ2) is 5.63. The molecule has 0 amide bonds. The molecule has 0 bridgehead atoms. The summed E-state index contributed by atoms with van der Waals surface area (Å²) < 4.78 is 13.1. The number of nitrogens with zero attached hydrogens (tertiary/aromatic N) is 1. The summed E-state index contributed by atoms with van der Waals surface area (Å²) in [6, 6.07) is 3.92. The number of carboxylic acid groups (broad SMARTS) is 1. The van der Waals surface area contributed by atoms with Gasteiger partial charge in [0, 0.05) is 19.3 Å². The first-order valence-electron chi connectivity index (χ1n) is 5.37. The van der Waals surface area contributed by atoms with E-state index in [4.69, 9.17) is 10.8 Å². The Kier molecular flexibility index (Phi) is 4.45. The quantitative estimate of drug-likeness (QED) is 0.815. The van der Waals surface area contributed by atoms with Gasteiger partial charge in [0.1, 0.15) is 11.9 Å². The molecule has 94 valence electrons. The molecule has 3 N–H and O–H groups in total. The van der Waals surface area contributed by atoms with Gasteiger partial charge < -0.3 is 15.7 Å². The van der Waals surface area contributed by atoms with E-state index < -0.39 is 12.0 Å². The molecule has 0 aliphatic heterocycles. The zero-order chi connectivity index (χ0) is 13.0. The van der Waals surface area contributed by atoms with Gasteiger partial charge in [-0.1, -0.05) is 0 Å². The molecular formula is C12H17FN2O2. The van der Waals surface area contributed by atoms with Gasteiger partial charge in [0.05, 0.1) is 0 Å². The van der Waals surface area contributed by atoms with Crippen molar-refractivity contribution in [3.63, 3.8) is 0 Å². The molecule has 0 heterocycles. The van der Waals surface area contributed by atoms with Gasteiger partial charge in [-0.3, -0.25) is 4.79 Å². The fraction of sp³-hybridized carbons (Fsp3) is 0.417. The first-order valence-corrected chi connectivity index (χ1v) is 5.37. The molecule has 1 rings (SSSR count). The highest BCUT2D eigenvalue weighted by Gasteiger charge is 2.12. The molecule has 0 saturated heterocycles. The van der Waals surface area contributed by atoms with Gasteiger partial charge in [-0.25, -0.2) is 4.39 Å². The summed E-state index contributed by atoms with van der Waals surface area (Å²) in [5.74, 6) is -1.25. The van der Waals surface area contributed by atoms with Crippen molar-refractivity contribution in [2.24, 2.45) is 5.73 Å². The summed E-state index contributed by atoms with van der Waals surface area (Å²) >= 11 is 0. The fourth-order valence-corrected chi connectivity index (χ4v) is 1.45. The van der Waals surface area contributed by atoms with Crippen LogP contribution in [0.4, 0.5) is 10.1 Å². The average Bonchev–Trinajstić information content (AvgIpc) is 2.28. The van der Waals surface area contributed by atoms with E-state index in [-0.39, 0.29) is 5.82 Å². The maximum absolute atomic E-state index is 13.1. The second-order valence-electron chi connectivity index (χ2n) is 4.09. The Morgan fingerprint density at radius 3 is 2.76 bits per heavy atom. The van der Waals surface area contributed by atoms with Crippen molar-refractivity contribution in [2.75, 3.05) is 18.5 Å². The molecule has 1 aromatic rings. The zero-order valence-electron chi connectivity index (χ0n) is 9.98. The Bertz CT molecular complexity index is 409. The van der Waals surface area contributed by atoms with Crippen LogP contribution in [-0.2, 0) is 4.79 Å². The molecule has 0 radical (unpaired) electrons. The summed E-state index contributed by atoms with van der Waals surface area (Å²) in [7, 11) is 1.82. The molecule has 1 aromatic carbocycles. The molecular weight excluding hydrogens is 223 g/mol. The molecule has 0 aromatic heterocycles.